The number of nitrogens with zero attached hydrogens (tertiary/aromatic N) is 6. The summed E-state index contributed by atoms with van der Waals surface area (Å²) in [7, 11) is 0. The monoisotopic (exact) mass is 638 g/mol. The number of carbonyl (C=O) groups excluding carboxylic acids is 1. The highest BCUT2D eigenvalue weighted by Gasteiger charge is 2.20. The summed E-state index contributed by atoms with van der Waals surface area (Å²) in [5.74, 6) is 0.974. The Morgan fingerprint density at radius 3 is 2.44 bits per heavy atom. The first-order valence-corrected chi connectivity index (χ1v) is 17.2. The Bertz CT molecular complexity index is 1900. The van der Waals surface area contributed by atoms with Crippen LogP contribution in [0.3, 0.4) is 0 Å². The van der Waals surface area contributed by atoms with Gasteiger partial charge in [0.2, 0.25) is 0 Å². The lowest BCUT2D eigenvalue weighted by atomic mass is 10.00. The van der Waals surface area contributed by atoms with E-state index in [1.807, 2.05) is 54.3 Å². The van der Waals surface area contributed by atoms with Crippen molar-refractivity contribution < 1.29 is 4.79 Å². The van der Waals surface area contributed by atoms with Gasteiger partial charge in [0.05, 0.1) is 23.1 Å². The molecule has 246 valence electrons. The zero-order chi connectivity index (χ0) is 33.5. The maximum atomic E-state index is 13.8. The van der Waals surface area contributed by atoms with E-state index >= 15 is 0 Å². The molecule has 7 nitrogen and oxygen atoms in total. The van der Waals surface area contributed by atoms with Gasteiger partial charge >= 0.3 is 0 Å². The van der Waals surface area contributed by atoms with Crippen molar-refractivity contribution in [3.05, 3.63) is 137 Å². The third-order valence-corrected chi connectivity index (χ3v) is 9.42. The van der Waals surface area contributed by atoms with Crippen molar-refractivity contribution in [2.24, 2.45) is 0 Å². The van der Waals surface area contributed by atoms with Crippen molar-refractivity contribution in [3.8, 4) is 0 Å². The SMILES string of the molecule is CCC(C)N(C/C=C/c1cccc(/C(=C/CN2CCCC2)c2ccc(C)cc2)n1)C(=O)c1ccc(Cn2c(C)nc3cnccc32)cc1. The minimum absolute atomic E-state index is 0.0316. The second kappa shape index (κ2) is 15.3. The molecule has 4 heterocycles. The van der Waals surface area contributed by atoms with Crippen molar-refractivity contribution >= 4 is 28.6 Å². The summed E-state index contributed by atoms with van der Waals surface area (Å²) >= 11 is 0. The molecule has 1 aliphatic heterocycles. The number of benzene rings is 2. The number of rotatable bonds is 12. The fraction of sp³-hybridized carbons (Fsp3) is 0.317. The van der Waals surface area contributed by atoms with Crippen molar-refractivity contribution in [1.29, 1.82) is 0 Å². The predicted octanol–water partition coefficient (Wildman–Crippen LogP) is 7.97. The van der Waals surface area contributed by atoms with E-state index in [0.717, 1.165) is 65.4 Å². The van der Waals surface area contributed by atoms with E-state index in [2.05, 4.69) is 88.8 Å². The largest absolute Gasteiger partial charge is 0.332 e. The zero-order valence-corrected chi connectivity index (χ0v) is 28.6. The number of hydrogen-bond donors (Lipinski definition) is 0. The molecule has 0 saturated carbocycles. The second-order valence-electron chi connectivity index (χ2n) is 12.9. The first kappa shape index (κ1) is 33.0. The second-order valence-corrected chi connectivity index (χ2v) is 12.9. The molecule has 0 spiro atoms. The lowest BCUT2D eigenvalue weighted by Gasteiger charge is -2.27. The van der Waals surface area contributed by atoms with Gasteiger partial charge in [0, 0.05) is 43.0 Å². The first-order valence-electron chi connectivity index (χ1n) is 17.2. The van der Waals surface area contributed by atoms with Gasteiger partial charge in [-0.2, -0.15) is 0 Å². The van der Waals surface area contributed by atoms with Crippen molar-refractivity contribution in [2.75, 3.05) is 26.2 Å². The average Bonchev–Trinajstić information content (AvgIpc) is 3.75. The Morgan fingerprint density at radius 1 is 0.938 bits per heavy atom. The topological polar surface area (TPSA) is 67.2 Å². The molecule has 0 bridgehead atoms. The van der Waals surface area contributed by atoms with Gasteiger partial charge in [-0.05, 0) is 101 Å². The van der Waals surface area contributed by atoms with Gasteiger partial charge in [-0.25, -0.2) is 9.97 Å². The van der Waals surface area contributed by atoms with Gasteiger partial charge in [-0.1, -0.05) is 67.1 Å². The summed E-state index contributed by atoms with van der Waals surface area (Å²) in [5.41, 5.74) is 9.18. The quantitative estimate of drug-likeness (QED) is 0.139. The van der Waals surface area contributed by atoms with Crippen LogP contribution in [0.5, 0.6) is 0 Å². The molecular formula is C41H46N6O. The molecule has 0 radical (unpaired) electrons. The molecule has 1 atom stereocenters. The molecule has 1 saturated heterocycles. The van der Waals surface area contributed by atoms with Gasteiger partial charge in [-0.3, -0.25) is 14.7 Å². The number of aryl methyl sites for hydroxylation is 2. The van der Waals surface area contributed by atoms with E-state index in [9.17, 15) is 4.79 Å². The summed E-state index contributed by atoms with van der Waals surface area (Å²) in [6, 6.07) is 25.0. The van der Waals surface area contributed by atoms with Crippen molar-refractivity contribution in [1.82, 2.24) is 29.3 Å². The van der Waals surface area contributed by atoms with Crippen LogP contribution in [0.25, 0.3) is 22.7 Å². The molecule has 48 heavy (non-hydrogen) atoms. The Hall–Kier alpha value is -4.88. The highest BCUT2D eigenvalue weighted by atomic mass is 16.2. The van der Waals surface area contributed by atoms with Crippen LogP contribution in [0.1, 0.15) is 77.4 Å². The number of likely N-dealkylation sites (tertiary alicyclic amines) is 1. The average molecular weight is 639 g/mol. The van der Waals surface area contributed by atoms with Crippen LogP contribution in [-0.2, 0) is 6.54 Å². The summed E-state index contributed by atoms with van der Waals surface area (Å²) in [6.07, 6.45) is 13.4. The molecule has 1 aliphatic rings. The maximum Gasteiger partial charge on any atom is 0.254 e. The van der Waals surface area contributed by atoms with Gasteiger partial charge in [0.25, 0.3) is 5.91 Å². The van der Waals surface area contributed by atoms with E-state index < -0.39 is 0 Å². The van der Waals surface area contributed by atoms with Gasteiger partial charge < -0.3 is 9.47 Å². The van der Waals surface area contributed by atoms with Gasteiger partial charge in [-0.15, -0.1) is 0 Å². The highest BCUT2D eigenvalue weighted by molar-refractivity contribution is 5.94. The predicted molar refractivity (Wildman–Crippen MR) is 196 cm³/mol. The van der Waals surface area contributed by atoms with E-state index in [1.165, 1.54) is 24.0 Å². The van der Waals surface area contributed by atoms with Crippen LogP contribution in [0, 0.1) is 13.8 Å². The third kappa shape index (κ3) is 7.80. The Kier molecular flexibility index (Phi) is 10.6. The smallest absolute Gasteiger partial charge is 0.254 e. The first-order chi connectivity index (χ1) is 23.4. The standard InChI is InChI=1S/C41H46N6O/c1-5-31(3)46(41(48)35-19-15-33(16-20-35)29-47-32(4)43-39-28-42-23-21-40(39)47)26-9-11-36-10-8-12-38(44-36)37(22-27-45-24-6-7-25-45)34-17-13-30(2)14-18-34/h8-23,28,31H,5-7,24-27,29H2,1-4H3/b11-9+,37-22+. The van der Waals surface area contributed by atoms with E-state index in [4.69, 9.17) is 4.98 Å². The fourth-order valence-corrected chi connectivity index (χ4v) is 6.36. The molecule has 0 aliphatic carbocycles. The highest BCUT2D eigenvalue weighted by Crippen LogP contribution is 2.24. The summed E-state index contributed by atoms with van der Waals surface area (Å²) in [6.45, 7) is 12.8. The van der Waals surface area contributed by atoms with Crippen LogP contribution < -0.4 is 0 Å². The third-order valence-electron chi connectivity index (χ3n) is 9.42. The minimum Gasteiger partial charge on any atom is -0.332 e. The Labute approximate surface area is 284 Å². The minimum atomic E-state index is 0.0316. The number of hydrogen-bond acceptors (Lipinski definition) is 5. The van der Waals surface area contributed by atoms with Gasteiger partial charge in [0.1, 0.15) is 11.3 Å². The van der Waals surface area contributed by atoms with Crippen LogP contribution in [-0.4, -0.2) is 67.4 Å². The number of aromatic nitrogens is 4. The van der Waals surface area contributed by atoms with Gasteiger partial charge in [0.15, 0.2) is 0 Å². The van der Waals surface area contributed by atoms with Crippen LogP contribution in [0.15, 0.2) is 97.3 Å². The Morgan fingerprint density at radius 2 is 1.69 bits per heavy atom. The zero-order valence-electron chi connectivity index (χ0n) is 28.6. The molecule has 1 amide bonds. The van der Waals surface area contributed by atoms with Crippen molar-refractivity contribution in [2.45, 2.75) is 59.5 Å². The molecule has 1 fully saturated rings. The number of carbonyl (C=O) groups is 1. The fourth-order valence-electron chi connectivity index (χ4n) is 6.36. The number of fused-ring (bicyclic) bond motifs is 1. The molecule has 7 heteroatoms. The van der Waals surface area contributed by atoms with Crippen molar-refractivity contribution in [3.63, 3.8) is 0 Å². The normalized spacial score (nSPS) is 14.6. The van der Waals surface area contributed by atoms with E-state index in [1.54, 1.807) is 12.4 Å². The summed E-state index contributed by atoms with van der Waals surface area (Å²) < 4.78 is 2.18. The lowest BCUT2D eigenvalue weighted by molar-refractivity contribution is 0.0713. The molecule has 5 aromatic rings. The molecule has 1 unspecified atom stereocenters. The summed E-state index contributed by atoms with van der Waals surface area (Å²) in [5, 5.41) is 0. The maximum absolute atomic E-state index is 13.8. The summed E-state index contributed by atoms with van der Waals surface area (Å²) in [4.78, 5) is 32.1. The van der Waals surface area contributed by atoms with Crippen LogP contribution in [0.4, 0.5) is 0 Å². The van der Waals surface area contributed by atoms with E-state index in [0.29, 0.717) is 18.7 Å². The molecule has 0 N–H and O–H groups in total. The molecule has 6 rings (SSSR count). The van der Waals surface area contributed by atoms with Crippen LogP contribution in [0.2, 0.25) is 0 Å². The molecule has 3 aromatic heterocycles. The lowest BCUT2D eigenvalue weighted by Crippen LogP contribution is -2.38. The van der Waals surface area contributed by atoms with Crippen LogP contribution >= 0.6 is 0 Å². The van der Waals surface area contributed by atoms with E-state index in [-0.39, 0.29) is 11.9 Å². The Balaban J connectivity index is 1.16. The number of amides is 1. The molecule has 2 aromatic carbocycles. The number of imidazole rings is 1. The number of pyridine rings is 2. The molecular weight excluding hydrogens is 592 g/mol.